The number of aromatic nitrogens is 3. The van der Waals surface area contributed by atoms with Crippen LogP contribution in [0.4, 0.5) is 0 Å². The van der Waals surface area contributed by atoms with E-state index in [1.165, 1.54) is 11.3 Å². The van der Waals surface area contributed by atoms with Crippen molar-refractivity contribution in [2.45, 2.75) is 27.7 Å². The summed E-state index contributed by atoms with van der Waals surface area (Å²) in [6, 6.07) is 0. The van der Waals surface area contributed by atoms with Gasteiger partial charge in [0, 0.05) is 12.6 Å². The Morgan fingerprint density at radius 3 is 2.38 bits per heavy atom. The van der Waals surface area contributed by atoms with E-state index >= 15 is 0 Å². The molecule has 0 spiro atoms. The van der Waals surface area contributed by atoms with Crippen LogP contribution >= 0.6 is 11.3 Å². The fourth-order valence-electron chi connectivity index (χ4n) is 1.70. The van der Waals surface area contributed by atoms with Gasteiger partial charge < -0.3 is 0 Å². The molecule has 0 aliphatic rings. The molecule has 16 heavy (non-hydrogen) atoms. The van der Waals surface area contributed by atoms with Crippen LogP contribution in [0.15, 0.2) is 0 Å². The Morgan fingerprint density at radius 2 is 1.94 bits per heavy atom. The second-order valence-corrected chi connectivity index (χ2v) is 4.80. The first-order valence-electron chi connectivity index (χ1n) is 5.01. The topological polar surface area (TPSA) is 58.6 Å². The van der Waals surface area contributed by atoms with Crippen LogP contribution in [0.3, 0.4) is 0 Å². The minimum atomic E-state index is 0.0695. The third-order valence-corrected chi connectivity index (χ3v) is 3.73. The Labute approximate surface area is 97.7 Å². The van der Waals surface area contributed by atoms with Crippen LogP contribution in [0.25, 0.3) is 10.6 Å². The van der Waals surface area contributed by atoms with Crippen LogP contribution in [-0.2, 0) is 0 Å². The van der Waals surface area contributed by atoms with E-state index in [-0.39, 0.29) is 5.78 Å². The molecular formula is C11H13N3OS. The highest BCUT2D eigenvalue weighted by Crippen LogP contribution is 2.31. The van der Waals surface area contributed by atoms with Crippen LogP contribution in [0.2, 0.25) is 0 Å². The first-order valence-corrected chi connectivity index (χ1v) is 5.82. The molecule has 0 aliphatic carbocycles. The van der Waals surface area contributed by atoms with Crippen molar-refractivity contribution in [3.63, 3.8) is 0 Å². The summed E-state index contributed by atoms with van der Waals surface area (Å²) in [6.07, 6.45) is 0. The highest BCUT2D eigenvalue weighted by Gasteiger charge is 2.17. The van der Waals surface area contributed by atoms with Gasteiger partial charge in [-0.3, -0.25) is 9.89 Å². The van der Waals surface area contributed by atoms with Gasteiger partial charge in [-0.15, -0.1) is 11.3 Å². The lowest BCUT2D eigenvalue weighted by Crippen LogP contribution is -1.89. The summed E-state index contributed by atoms with van der Waals surface area (Å²) in [5.41, 5.74) is 3.72. The summed E-state index contributed by atoms with van der Waals surface area (Å²) in [4.78, 5) is 16.5. The van der Waals surface area contributed by atoms with Gasteiger partial charge in [0.05, 0.1) is 21.8 Å². The normalized spacial score (nSPS) is 10.8. The number of nitrogens with one attached hydrogen (secondary N) is 1. The number of Topliss-reactive ketones (excluding diaryl/α,β-unsaturated/α-hetero) is 1. The third-order valence-electron chi connectivity index (χ3n) is 2.46. The molecule has 2 aromatic rings. The van der Waals surface area contributed by atoms with Crippen molar-refractivity contribution in [2.24, 2.45) is 0 Å². The zero-order valence-corrected chi connectivity index (χ0v) is 10.5. The van der Waals surface area contributed by atoms with Crippen molar-refractivity contribution in [3.05, 3.63) is 22.0 Å². The second-order valence-electron chi connectivity index (χ2n) is 3.80. The highest BCUT2D eigenvalue weighted by atomic mass is 32.1. The number of carbonyl (C=O) groups is 1. The van der Waals surface area contributed by atoms with Crippen LogP contribution in [0.5, 0.6) is 0 Å². The fourth-order valence-corrected chi connectivity index (χ4v) is 2.81. The molecule has 0 aliphatic heterocycles. The van der Waals surface area contributed by atoms with Crippen molar-refractivity contribution in [2.75, 3.05) is 0 Å². The number of hydrogen-bond donors (Lipinski definition) is 1. The average Bonchev–Trinajstić information content (AvgIpc) is 2.70. The van der Waals surface area contributed by atoms with Gasteiger partial charge in [0.15, 0.2) is 5.78 Å². The van der Waals surface area contributed by atoms with Crippen molar-refractivity contribution >= 4 is 17.1 Å². The molecule has 4 nitrogen and oxygen atoms in total. The Balaban J connectivity index is 2.58. The maximum Gasteiger partial charge on any atom is 0.171 e. The van der Waals surface area contributed by atoms with Crippen molar-refractivity contribution in [3.8, 4) is 10.6 Å². The largest absolute Gasteiger partial charge is 0.294 e. The van der Waals surface area contributed by atoms with Crippen LogP contribution in [-0.4, -0.2) is 21.0 Å². The maximum absolute atomic E-state index is 11.4. The van der Waals surface area contributed by atoms with Gasteiger partial charge in [-0.25, -0.2) is 4.98 Å². The SMILES string of the molecule is CC(=O)c1sc(-c2c(C)n[nH]c2C)nc1C. The number of nitrogens with zero attached hydrogens (tertiary/aromatic N) is 2. The van der Waals surface area contributed by atoms with E-state index in [1.807, 2.05) is 20.8 Å². The molecule has 0 amide bonds. The third kappa shape index (κ3) is 1.67. The maximum atomic E-state index is 11.4. The van der Waals surface area contributed by atoms with Crippen molar-refractivity contribution < 1.29 is 4.79 Å². The van der Waals surface area contributed by atoms with Crippen LogP contribution in [0, 0.1) is 20.8 Å². The van der Waals surface area contributed by atoms with Crippen molar-refractivity contribution in [1.29, 1.82) is 0 Å². The van der Waals surface area contributed by atoms with Crippen LogP contribution < -0.4 is 0 Å². The lowest BCUT2D eigenvalue weighted by atomic mass is 10.2. The molecule has 0 atom stereocenters. The molecule has 84 valence electrons. The number of aromatic amines is 1. The summed E-state index contributed by atoms with van der Waals surface area (Å²) in [5.74, 6) is 0.0695. The van der Waals surface area contributed by atoms with E-state index in [2.05, 4.69) is 15.2 Å². The summed E-state index contributed by atoms with van der Waals surface area (Å²) in [5, 5.41) is 7.93. The number of rotatable bonds is 2. The molecule has 2 aromatic heterocycles. The number of carbonyl (C=O) groups excluding carboxylic acids is 1. The van der Waals surface area contributed by atoms with E-state index < -0.39 is 0 Å². The lowest BCUT2D eigenvalue weighted by molar-refractivity contribution is 0.102. The fraction of sp³-hybridized carbons (Fsp3) is 0.364. The number of ketones is 1. The minimum Gasteiger partial charge on any atom is -0.294 e. The van der Waals surface area contributed by atoms with Gasteiger partial charge in [0.2, 0.25) is 0 Å². The monoisotopic (exact) mass is 235 g/mol. The number of aryl methyl sites for hydroxylation is 3. The standard InChI is InChI=1S/C11H13N3OS/c1-5-9(6(2)14-13-5)11-12-7(3)10(16-11)8(4)15/h1-4H3,(H,13,14). The van der Waals surface area contributed by atoms with Gasteiger partial charge in [-0.2, -0.15) is 5.10 Å². The quantitative estimate of drug-likeness (QED) is 0.814. The van der Waals surface area contributed by atoms with E-state index in [9.17, 15) is 4.79 Å². The number of H-pyrrole nitrogens is 1. The zero-order chi connectivity index (χ0) is 11.9. The predicted molar refractivity (Wildman–Crippen MR) is 63.9 cm³/mol. The molecular weight excluding hydrogens is 222 g/mol. The van der Waals surface area contributed by atoms with Gasteiger partial charge in [0.25, 0.3) is 0 Å². The smallest absolute Gasteiger partial charge is 0.171 e. The van der Waals surface area contributed by atoms with Crippen LogP contribution in [0.1, 0.15) is 33.7 Å². The van der Waals surface area contributed by atoms with Gasteiger partial charge in [0.1, 0.15) is 5.01 Å². The van der Waals surface area contributed by atoms with Gasteiger partial charge >= 0.3 is 0 Å². The highest BCUT2D eigenvalue weighted by molar-refractivity contribution is 7.17. The Hall–Kier alpha value is -1.49. The van der Waals surface area contributed by atoms with Gasteiger partial charge in [-0.05, 0) is 20.8 Å². The molecule has 0 saturated carbocycles. The number of thiazole rings is 1. The summed E-state index contributed by atoms with van der Waals surface area (Å²) in [7, 11) is 0. The summed E-state index contributed by atoms with van der Waals surface area (Å²) >= 11 is 1.43. The Kier molecular flexibility index (Phi) is 2.63. The molecule has 0 unspecified atom stereocenters. The molecule has 2 heterocycles. The molecule has 0 fully saturated rings. The van der Waals surface area contributed by atoms with E-state index in [4.69, 9.17) is 0 Å². The molecule has 1 N–H and O–H groups in total. The van der Waals surface area contributed by atoms with E-state index in [0.717, 1.165) is 32.5 Å². The minimum absolute atomic E-state index is 0.0695. The summed E-state index contributed by atoms with van der Waals surface area (Å²) in [6.45, 7) is 7.32. The number of hydrogen-bond acceptors (Lipinski definition) is 4. The average molecular weight is 235 g/mol. The second kappa shape index (κ2) is 3.83. The first kappa shape index (κ1) is 11.0. The van der Waals surface area contributed by atoms with Crippen molar-refractivity contribution in [1.82, 2.24) is 15.2 Å². The predicted octanol–water partition coefficient (Wildman–Crippen LogP) is 2.66. The Bertz CT molecular complexity index is 534. The lowest BCUT2D eigenvalue weighted by Gasteiger charge is -1.93. The molecule has 0 aromatic carbocycles. The van der Waals surface area contributed by atoms with E-state index in [0.29, 0.717) is 0 Å². The molecule has 0 radical (unpaired) electrons. The molecule has 0 saturated heterocycles. The Morgan fingerprint density at radius 1 is 1.25 bits per heavy atom. The summed E-state index contributed by atoms with van der Waals surface area (Å²) < 4.78 is 0. The zero-order valence-electron chi connectivity index (χ0n) is 9.71. The molecule has 2 rings (SSSR count). The first-order chi connectivity index (χ1) is 7.50. The van der Waals surface area contributed by atoms with E-state index in [1.54, 1.807) is 6.92 Å². The van der Waals surface area contributed by atoms with Gasteiger partial charge in [-0.1, -0.05) is 0 Å². The molecule has 0 bridgehead atoms. The molecule has 5 heteroatoms.